The first-order chi connectivity index (χ1) is 10.2. The number of benzene rings is 1. The first-order valence-electron chi connectivity index (χ1n) is 8.03. The average molecular weight is 288 g/mol. The lowest BCUT2D eigenvalue weighted by atomic mass is 10.0. The Morgan fingerprint density at radius 1 is 1.19 bits per heavy atom. The first-order valence-corrected chi connectivity index (χ1v) is 8.03. The van der Waals surface area contributed by atoms with Crippen LogP contribution in [-0.2, 0) is 0 Å². The van der Waals surface area contributed by atoms with Gasteiger partial charge in [0.25, 0.3) is 0 Å². The molecule has 4 nitrogen and oxygen atoms in total. The number of nitrogens with one attached hydrogen (secondary N) is 1. The molecule has 21 heavy (non-hydrogen) atoms. The van der Waals surface area contributed by atoms with Gasteiger partial charge < -0.3 is 16.0 Å². The van der Waals surface area contributed by atoms with Gasteiger partial charge >= 0.3 is 0 Å². The van der Waals surface area contributed by atoms with E-state index in [1.165, 1.54) is 19.3 Å². The second-order valence-corrected chi connectivity index (χ2v) is 6.11. The standard InChI is InChI=1S/C17H28N4/c1-14(2)16(20-15-9-5-3-6-10-15)13-19-17(18)21-11-7-4-8-12-21/h3,5-6,9-10,14,16,20H,4,7-8,11-13H2,1-2H3,(H2,18,19). The van der Waals surface area contributed by atoms with Crippen LogP contribution in [0.2, 0.25) is 0 Å². The number of rotatable bonds is 5. The summed E-state index contributed by atoms with van der Waals surface area (Å²) in [5, 5.41) is 3.56. The number of likely N-dealkylation sites (tertiary alicyclic amines) is 1. The predicted molar refractivity (Wildman–Crippen MR) is 90.6 cm³/mol. The number of aliphatic imine (C=N–C) groups is 1. The minimum Gasteiger partial charge on any atom is -0.380 e. The van der Waals surface area contributed by atoms with Crippen molar-refractivity contribution < 1.29 is 0 Å². The summed E-state index contributed by atoms with van der Waals surface area (Å²) in [4.78, 5) is 6.84. The number of nitrogens with zero attached hydrogens (tertiary/aromatic N) is 2. The highest BCUT2D eigenvalue weighted by molar-refractivity contribution is 5.78. The van der Waals surface area contributed by atoms with Gasteiger partial charge in [-0.3, -0.25) is 4.99 Å². The van der Waals surface area contributed by atoms with Crippen LogP contribution in [-0.4, -0.2) is 36.5 Å². The molecule has 1 atom stereocenters. The number of piperidine rings is 1. The minimum absolute atomic E-state index is 0.302. The van der Waals surface area contributed by atoms with Crippen LogP contribution in [0.3, 0.4) is 0 Å². The van der Waals surface area contributed by atoms with Gasteiger partial charge in [0, 0.05) is 24.8 Å². The fourth-order valence-electron chi connectivity index (χ4n) is 2.59. The summed E-state index contributed by atoms with van der Waals surface area (Å²) in [5.74, 6) is 1.21. The Morgan fingerprint density at radius 2 is 1.86 bits per heavy atom. The summed E-state index contributed by atoms with van der Waals surface area (Å²) in [7, 11) is 0. The summed E-state index contributed by atoms with van der Waals surface area (Å²) in [6, 6.07) is 10.6. The van der Waals surface area contributed by atoms with E-state index in [4.69, 9.17) is 5.73 Å². The SMILES string of the molecule is CC(C)C(CN=C(N)N1CCCCC1)Nc1ccccc1. The Hall–Kier alpha value is -1.71. The zero-order chi connectivity index (χ0) is 15.1. The van der Waals surface area contributed by atoms with Crippen LogP contribution < -0.4 is 11.1 Å². The van der Waals surface area contributed by atoms with E-state index in [1.807, 2.05) is 18.2 Å². The molecule has 0 radical (unpaired) electrons. The van der Waals surface area contributed by atoms with Crippen molar-refractivity contribution in [2.24, 2.45) is 16.6 Å². The van der Waals surface area contributed by atoms with Crippen molar-refractivity contribution in [3.63, 3.8) is 0 Å². The molecule has 1 unspecified atom stereocenters. The third kappa shape index (κ3) is 4.96. The highest BCUT2D eigenvalue weighted by Crippen LogP contribution is 2.13. The van der Waals surface area contributed by atoms with Gasteiger partial charge in [0.05, 0.1) is 6.54 Å². The number of hydrogen-bond acceptors (Lipinski definition) is 2. The summed E-state index contributed by atoms with van der Waals surface area (Å²) in [5.41, 5.74) is 7.28. The van der Waals surface area contributed by atoms with E-state index in [1.54, 1.807) is 0 Å². The van der Waals surface area contributed by atoms with E-state index in [-0.39, 0.29) is 0 Å². The lowest BCUT2D eigenvalue weighted by molar-refractivity contribution is 0.337. The van der Waals surface area contributed by atoms with Crippen LogP contribution in [0.1, 0.15) is 33.1 Å². The third-order valence-electron chi connectivity index (χ3n) is 4.06. The van der Waals surface area contributed by atoms with Crippen molar-refractivity contribution in [1.82, 2.24) is 4.90 Å². The van der Waals surface area contributed by atoms with E-state index in [0.717, 1.165) is 25.3 Å². The molecule has 3 N–H and O–H groups in total. The Kier molecular flexibility index (Phi) is 5.90. The van der Waals surface area contributed by atoms with E-state index >= 15 is 0 Å². The van der Waals surface area contributed by atoms with Gasteiger partial charge in [-0.1, -0.05) is 32.0 Å². The number of nitrogens with two attached hydrogens (primary N) is 1. The van der Waals surface area contributed by atoms with Gasteiger partial charge in [0.2, 0.25) is 0 Å². The van der Waals surface area contributed by atoms with Crippen molar-refractivity contribution in [3.05, 3.63) is 30.3 Å². The molecule has 0 bridgehead atoms. The van der Waals surface area contributed by atoms with Crippen LogP contribution in [0.15, 0.2) is 35.3 Å². The molecule has 1 fully saturated rings. The zero-order valence-electron chi connectivity index (χ0n) is 13.3. The fourth-order valence-corrected chi connectivity index (χ4v) is 2.59. The Balaban J connectivity index is 1.93. The quantitative estimate of drug-likeness (QED) is 0.647. The molecule has 0 amide bonds. The molecule has 1 aliphatic rings. The smallest absolute Gasteiger partial charge is 0.191 e. The molecule has 1 saturated heterocycles. The molecule has 2 rings (SSSR count). The molecule has 0 spiro atoms. The minimum atomic E-state index is 0.302. The molecule has 1 aromatic carbocycles. The fraction of sp³-hybridized carbons (Fsp3) is 0.588. The molecule has 1 aliphatic heterocycles. The molecule has 0 aromatic heterocycles. The van der Waals surface area contributed by atoms with Gasteiger partial charge in [0.15, 0.2) is 5.96 Å². The van der Waals surface area contributed by atoms with Gasteiger partial charge in [0.1, 0.15) is 0 Å². The highest BCUT2D eigenvalue weighted by Gasteiger charge is 2.15. The molecule has 4 heteroatoms. The second-order valence-electron chi connectivity index (χ2n) is 6.11. The topological polar surface area (TPSA) is 53.6 Å². The lowest BCUT2D eigenvalue weighted by Crippen LogP contribution is -2.41. The van der Waals surface area contributed by atoms with Crippen molar-refractivity contribution in [2.75, 3.05) is 25.0 Å². The van der Waals surface area contributed by atoms with E-state index in [0.29, 0.717) is 17.9 Å². The normalized spacial score (nSPS) is 17.9. The summed E-state index contributed by atoms with van der Waals surface area (Å²) < 4.78 is 0. The molecular weight excluding hydrogens is 260 g/mol. The Labute approximate surface area is 128 Å². The number of hydrogen-bond donors (Lipinski definition) is 2. The van der Waals surface area contributed by atoms with Gasteiger partial charge in [-0.15, -0.1) is 0 Å². The number of anilines is 1. The van der Waals surface area contributed by atoms with Crippen LogP contribution in [0.25, 0.3) is 0 Å². The maximum Gasteiger partial charge on any atom is 0.191 e. The molecule has 116 valence electrons. The lowest BCUT2D eigenvalue weighted by Gasteiger charge is -2.28. The van der Waals surface area contributed by atoms with Gasteiger partial charge in [-0.25, -0.2) is 0 Å². The van der Waals surface area contributed by atoms with Gasteiger partial charge in [-0.05, 0) is 37.3 Å². The summed E-state index contributed by atoms with van der Waals surface area (Å²) >= 11 is 0. The van der Waals surface area contributed by atoms with E-state index in [2.05, 4.69) is 41.2 Å². The monoisotopic (exact) mass is 288 g/mol. The molecule has 0 aliphatic carbocycles. The zero-order valence-corrected chi connectivity index (χ0v) is 13.3. The second kappa shape index (κ2) is 7.91. The molecule has 1 heterocycles. The maximum atomic E-state index is 6.14. The van der Waals surface area contributed by atoms with Crippen LogP contribution in [0.4, 0.5) is 5.69 Å². The Bertz CT molecular complexity index is 435. The van der Waals surface area contributed by atoms with Crippen LogP contribution in [0, 0.1) is 5.92 Å². The van der Waals surface area contributed by atoms with Crippen molar-refractivity contribution in [2.45, 2.75) is 39.2 Å². The van der Waals surface area contributed by atoms with E-state index < -0.39 is 0 Å². The number of guanidine groups is 1. The van der Waals surface area contributed by atoms with Crippen LogP contribution in [0.5, 0.6) is 0 Å². The molecular formula is C17H28N4. The summed E-state index contributed by atoms with van der Waals surface area (Å²) in [6.07, 6.45) is 3.77. The average Bonchev–Trinajstić information content (AvgIpc) is 2.52. The van der Waals surface area contributed by atoms with Crippen molar-refractivity contribution >= 4 is 11.6 Å². The van der Waals surface area contributed by atoms with Crippen molar-refractivity contribution in [1.29, 1.82) is 0 Å². The predicted octanol–water partition coefficient (Wildman–Crippen LogP) is 2.92. The molecule has 1 aromatic rings. The van der Waals surface area contributed by atoms with Crippen molar-refractivity contribution in [3.8, 4) is 0 Å². The highest BCUT2D eigenvalue weighted by atomic mass is 15.3. The van der Waals surface area contributed by atoms with E-state index in [9.17, 15) is 0 Å². The Morgan fingerprint density at radius 3 is 2.48 bits per heavy atom. The largest absolute Gasteiger partial charge is 0.380 e. The number of para-hydroxylation sites is 1. The molecule has 0 saturated carbocycles. The van der Waals surface area contributed by atoms with Crippen LogP contribution >= 0.6 is 0 Å². The maximum absolute atomic E-state index is 6.14. The summed E-state index contributed by atoms with van der Waals surface area (Å²) in [6.45, 7) is 7.25. The third-order valence-corrected chi connectivity index (χ3v) is 4.06. The van der Waals surface area contributed by atoms with Gasteiger partial charge in [-0.2, -0.15) is 0 Å². The first kappa shape index (κ1) is 15.7.